The van der Waals surface area contributed by atoms with Gasteiger partial charge >= 0.3 is 0 Å². The van der Waals surface area contributed by atoms with Crippen molar-refractivity contribution in [3.63, 3.8) is 0 Å². The first-order valence-corrected chi connectivity index (χ1v) is 12.6. The van der Waals surface area contributed by atoms with Crippen LogP contribution < -0.4 is 4.90 Å². The number of thiazole rings is 1. The van der Waals surface area contributed by atoms with E-state index in [9.17, 15) is 13.2 Å². The maximum atomic E-state index is 12.8. The van der Waals surface area contributed by atoms with Crippen molar-refractivity contribution in [2.45, 2.75) is 25.2 Å². The fourth-order valence-electron chi connectivity index (χ4n) is 3.67. The molecule has 0 aliphatic carbocycles. The number of anilines is 1. The first-order valence-electron chi connectivity index (χ1n) is 10.2. The standard InChI is InChI=1S/C22H25N3O3S2/c1-3-16-6-5-7-19-20(16)23-22(29-19)25-14-12-24(13-15-25)21(26)17-8-10-18(11-9-17)30(27,28)4-2/h5-11H,3-4,12-15H2,1-2H3. The lowest BCUT2D eigenvalue weighted by Gasteiger charge is -2.34. The molecular weight excluding hydrogens is 418 g/mol. The summed E-state index contributed by atoms with van der Waals surface area (Å²) >= 11 is 1.70. The number of rotatable bonds is 5. The SMILES string of the molecule is CCc1cccc2sc(N3CCN(C(=O)c4ccc(S(=O)(=O)CC)cc4)CC3)nc12. The van der Waals surface area contributed by atoms with Gasteiger partial charge in [0, 0.05) is 31.7 Å². The molecular formula is C22H25N3O3S2. The predicted molar refractivity (Wildman–Crippen MR) is 121 cm³/mol. The van der Waals surface area contributed by atoms with Crippen LogP contribution in [0.25, 0.3) is 10.2 Å². The molecule has 4 rings (SSSR count). The molecule has 158 valence electrons. The van der Waals surface area contributed by atoms with E-state index >= 15 is 0 Å². The highest BCUT2D eigenvalue weighted by Gasteiger charge is 2.24. The Bertz CT molecular complexity index is 1160. The lowest BCUT2D eigenvalue weighted by Crippen LogP contribution is -2.48. The molecule has 1 aromatic heterocycles. The van der Waals surface area contributed by atoms with Gasteiger partial charge in [-0.15, -0.1) is 0 Å². The lowest BCUT2D eigenvalue weighted by molar-refractivity contribution is 0.0746. The molecule has 1 aliphatic rings. The summed E-state index contributed by atoms with van der Waals surface area (Å²) in [7, 11) is -3.26. The Kier molecular flexibility index (Phi) is 5.79. The first-order chi connectivity index (χ1) is 14.4. The molecule has 0 radical (unpaired) electrons. The van der Waals surface area contributed by atoms with Crippen LogP contribution in [0.15, 0.2) is 47.4 Å². The van der Waals surface area contributed by atoms with Gasteiger partial charge in [0.2, 0.25) is 0 Å². The first kappa shape index (κ1) is 20.8. The third-order valence-electron chi connectivity index (χ3n) is 5.55. The number of fused-ring (bicyclic) bond motifs is 1. The van der Waals surface area contributed by atoms with Crippen LogP contribution in [0.1, 0.15) is 29.8 Å². The molecule has 0 unspecified atom stereocenters. The number of carbonyl (C=O) groups excluding carboxylic acids is 1. The molecule has 0 spiro atoms. The Hall–Kier alpha value is -2.45. The fourth-order valence-corrected chi connectivity index (χ4v) is 5.62. The topological polar surface area (TPSA) is 70.6 Å². The maximum Gasteiger partial charge on any atom is 0.253 e. The summed E-state index contributed by atoms with van der Waals surface area (Å²) < 4.78 is 25.1. The second kappa shape index (κ2) is 8.35. The Morgan fingerprint density at radius 3 is 2.37 bits per heavy atom. The van der Waals surface area contributed by atoms with Gasteiger partial charge in [-0.1, -0.05) is 37.3 Å². The van der Waals surface area contributed by atoms with Crippen LogP contribution in [0.4, 0.5) is 5.13 Å². The van der Waals surface area contributed by atoms with Gasteiger partial charge in [-0.2, -0.15) is 0 Å². The number of hydrogen-bond acceptors (Lipinski definition) is 6. The molecule has 1 amide bonds. The summed E-state index contributed by atoms with van der Waals surface area (Å²) in [6, 6.07) is 12.6. The van der Waals surface area contributed by atoms with E-state index in [0.717, 1.165) is 30.2 Å². The minimum Gasteiger partial charge on any atom is -0.345 e. The molecule has 2 heterocycles. The Labute approximate surface area is 181 Å². The highest BCUT2D eigenvalue weighted by atomic mass is 32.2. The van der Waals surface area contributed by atoms with Crippen molar-refractivity contribution in [1.82, 2.24) is 9.88 Å². The van der Waals surface area contributed by atoms with Gasteiger partial charge in [0.05, 0.1) is 20.9 Å². The van der Waals surface area contributed by atoms with Crippen molar-refractivity contribution in [2.75, 3.05) is 36.8 Å². The normalized spacial score (nSPS) is 15.0. The molecule has 8 heteroatoms. The zero-order valence-electron chi connectivity index (χ0n) is 17.2. The summed E-state index contributed by atoms with van der Waals surface area (Å²) in [5.74, 6) is -0.0130. The van der Waals surface area contributed by atoms with Crippen molar-refractivity contribution in [1.29, 1.82) is 0 Å². The number of amides is 1. The van der Waals surface area contributed by atoms with Crippen LogP contribution in [-0.4, -0.2) is 56.1 Å². The third kappa shape index (κ3) is 3.94. The maximum absolute atomic E-state index is 12.8. The van der Waals surface area contributed by atoms with E-state index in [4.69, 9.17) is 4.98 Å². The molecule has 1 aliphatic heterocycles. The molecule has 6 nitrogen and oxygen atoms in total. The summed E-state index contributed by atoms with van der Waals surface area (Å²) in [4.78, 5) is 22.0. The number of sulfone groups is 1. The van der Waals surface area contributed by atoms with Crippen LogP contribution >= 0.6 is 11.3 Å². The number of nitrogens with zero attached hydrogens (tertiary/aromatic N) is 3. The highest BCUT2D eigenvalue weighted by molar-refractivity contribution is 7.91. The summed E-state index contributed by atoms with van der Waals surface area (Å²) in [6.07, 6.45) is 0.959. The fraction of sp³-hybridized carbons (Fsp3) is 0.364. The molecule has 0 N–H and O–H groups in total. The number of aromatic nitrogens is 1. The summed E-state index contributed by atoms with van der Waals surface area (Å²) in [5, 5.41) is 1.01. The van der Waals surface area contributed by atoms with Crippen molar-refractivity contribution >= 4 is 42.4 Å². The van der Waals surface area contributed by atoms with Crippen LogP contribution in [0.2, 0.25) is 0 Å². The predicted octanol–water partition coefficient (Wildman–Crippen LogP) is 3.61. The van der Waals surface area contributed by atoms with Gasteiger partial charge in [-0.3, -0.25) is 4.79 Å². The van der Waals surface area contributed by atoms with Crippen LogP contribution in [0.5, 0.6) is 0 Å². The lowest BCUT2D eigenvalue weighted by atomic mass is 10.1. The van der Waals surface area contributed by atoms with Gasteiger partial charge in [-0.05, 0) is 42.3 Å². The van der Waals surface area contributed by atoms with Gasteiger partial charge in [-0.25, -0.2) is 13.4 Å². The van der Waals surface area contributed by atoms with Gasteiger partial charge in [0.1, 0.15) is 0 Å². The second-order valence-corrected chi connectivity index (χ2v) is 10.6. The Balaban J connectivity index is 1.44. The van der Waals surface area contributed by atoms with E-state index in [1.165, 1.54) is 22.4 Å². The average molecular weight is 444 g/mol. The molecule has 2 aromatic carbocycles. The van der Waals surface area contributed by atoms with Crippen molar-refractivity contribution < 1.29 is 13.2 Å². The molecule has 1 saturated heterocycles. The number of hydrogen-bond donors (Lipinski definition) is 0. The van der Waals surface area contributed by atoms with Crippen LogP contribution in [0, 0.1) is 0 Å². The average Bonchev–Trinajstić information content (AvgIpc) is 3.23. The summed E-state index contributed by atoms with van der Waals surface area (Å²) in [5.41, 5.74) is 2.86. The largest absolute Gasteiger partial charge is 0.345 e. The zero-order valence-corrected chi connectivity index (χ0v) is 18.8. The van der Waals surface area contributed by atoms with Crippen molar-refractivity contribution in [3.8, 4) is 0 Å². The minimum absolute atomic E-state index is 0.0494. The number of aryl methyl sites for hydroxylation is 1. The smallest absolute Gasteiger partial charge is 0.253 e. The van der Waals surface area contributed by atoms with Gasteiger partial charge in [0.15, 0.2) is 15.0 Å². The molecule has 0 saturated carbocycles. The molecule has 0 atom stereocenters. The van der Waals surface area contributed by atoms with Crippen molar-refractivity contribution in [3.05, 3.63) is 53.6 Å². The number of para-hydroxylation sites is 1. The van der Waals surface area contributed by atoms with E-state index in [0.29, 0.717) is 18.7 Å². The molecule has 1 fully saturated rings. The number of piperazine rings is 1. The Morgan fingerprint density at radius 2 is 1.73 bits per heavy atom. The van der Waals surface area contributed by atoms with Crippen molar-refractivity contribution in [2.24, 2.45) is 0 Å². The van der Waals surface area contributed by atoms with E-state index in [1.54, 1.807) is 30.4 Å². The van der Waals surface area contributed by atoms with Crippen LogP contribution in [0.3, 0.4) is 0 Å². The van der Waals surface area contributed by atoms with E-state index in [1.807, 2.05) is 4.90 Å². The number of benzene rings is 2. The molecule has 3 aromatic rings. The number of carbonyl (C=O) groups is 1. The minimum atomic E-state index is -3.26. The quantitative estimate of drug-likeness (QED) is 0.602. The third-order valence-corrected chi connectivity index (χ3v) is 8.38. The van der Waals surface area contributed by atoms with Gasteiger partial charge < -0.3 is 9.80 Å². The van der Waals surface area contributed by atoms with E-state index < -0.39 is 9.84 Å². The van der Waals surface area contributed by atoms with E-state index in [2.05, 4.69) is 30.0 Å². The summed E-state index contributed by atoms with van der Waals surface area (Å²) in [6.45, 7) is 6.45. The molecule has 0 bridgehead atoms. The zero-order chi connectivity index (χ0) is 21.3. The molecule has 30 heavy (non-hydrogen) atoms. The highest BCUT2D eigenvalue weighted by Crippen LogP contribution is 2.31. The second-order valence-electron chi connectivity index (χ2n) is 7.32. The Morgan fingerprint density at radius 1 is 1.03 bits per heavy atom. The van der Waals surface area contributed by atoms with Crippen LogP contribution in [-0.2, 0) is 16.3 Å². The van der Waals surface area contributed by atoms with Gasteiger partial charge in [0.25, 0.3) is 5.91 Å². The monoisotopic (exact) mass is 443 g/mol. The van der Waals surface area contributed by atoms with E-state index in [-0.39, 0.29) is 16.6 Å².